The molecule has 0 fully saturated rings. The maximum absolute atomic E-state index is 12.0. The Labute approximate surface area is 145 Å². The molecule has 2 heterocycles. The van der Waals surface area contributed by atoms with Gasteiger partial charge in [-0.3, -0.25) is 0 Å². The van der Waals surface area contributed by atoms with Crippen LogP contribution in [0.25, 0.3) is 0 Å². The van der Waals surface area contributed by atoms with Crippen LogP contribution in [0.1, 0.15) is 23.0 Å². The topological polar surface area (TPSA) is 89.3 Å². The number of esters is 1. The lowest BCUT2D eigenvalue weighted by molar-refractivity contribution is 0.0527. The molecule has 2 aromatic heterocycles. The second-order valence-electron chi connectivity index (χ2n) is 5.11. The van der Waals surface area contributed by atoms with Crippen LogP contribution in [0.3, 0.4) is 0 Å². The number of nitrogens with zero attached hydrogens (tertiary/aromatic N) is 2. The van der Waals surface area contributed by atoms with Crippen molar-refractivity contribution in [1.29, 1.82) is 0 Å². The van der Waals surface area contributed by atoms with Crippen molar-refractivity contribution >= 4 is 23.3 Å². The van der Waals surface area contributed by atoms with Gasteiger partial charge in [0.1, 0.15) is 23.7 Å². The minimum absolute atomic E-state index is 0.321. The fraction of sp³-hybridized carbons (Fsp3) is 0.167. The first kappa shape index (κ1) is 16.5. The lowest BCUT2D eigenvalue weighted by atomic mass is 10.2. The number of aromatic nitrogens is 2. The Morgan fingerprint density at radius 2 is 2.00 bits per heavy atom. The van der Waals surface area contributed by atoms with Gasteiger partial charge in [-0.1, -0.05) is 12.1 Å². The van der Waals surface area contributed by atoms with Crippen LogP contribution in [0, 0.1) is 0 Å². The Morgan fingerprint density at radius 1 is 1.16 bits per heavy atom. The number of rotatable bonds is 7. The van der Waals surface area contributed by atoms with E-state index in [1.807, 2.05) is 18.2 Å². The molecule has 0 saturated carbocycles. The van der Waals surface area contributed by atoms with Gasteiger partial charge in [0.05, 0.1) is 30.7 Å². The normalized spacial score (nSPS) is 10.3. The Kier molecular flexibility index (Phi) is 5.26. The van der Waals surface area contributed by atoms with Gasteiger partial charge in [0, 0.05) is 6.07 Å². The molecule has 1 aromatic carbocycles. The SMILES string of the molecule is CCOC(=O)c1ccccc1Nc1cc(NCc2ccco2)ncn1. The zero-order valence-corrected chi connectivity index (χ0v) is 13.7. The number of hydrogen-bond acceptors (Lipinski definition) is 7. The van der Waals surface area contributed by atoms with Crippen molar-refractivity contribution in [3.8, 4) is 0 Å². The molecule has 3 rings (SSSR count). The lowest BCUT2D eigenvalue weighted by Gasteiger charge is -2.11. The third kappa shape index (κ3) is 4.35. The van der Waals surface area contributed by atoms with E-state index < -0.39 is 0 Å². The number of furan rings is 1. The number of carbonyl (C=O) groups excluding carboxylic acids is 1. The van der Waals surface area contributed by atoms with Crippen molar-refractivity contribution < 1.29 is 13.9 Å². The van der Waals surface area contributed by atoms with E-state index in [2.05, 4.69) is 20.6 Å². The fourth-order valence-electron chi connectivity index (χ4n) is 2.23. The molecule has 0 spiro atoms. The number of benzene rings is 1. The summed E-state index contributed by atoms with van der Waals surface area (Å²) >= 11 is 0. The van der Waals surface area contributed by atoms with Gasteiger partial charge < -0.3 is 19.8 Å². The van der Waals surface area contributed by atoms with Gasteiger partial charge in [-0.25, -0.2) is 14.8 Å². The molecular formula is C18H18N4O3. The highest BCUT2D eigenvalue weighted by atomic mass is 16.5. The second-order valence-corrected chi connectivity index (χ2v) is 5.11. The van der Waals surface area contributed by atoms with E-state index in [0.717, 1.165) is 5.76 Å². The highest BCUT2D eigenvalue weighted by Gasteiger charge is 2.12. The molecule has 0 radical (unpaired) electrons. The Balaban J connectivity index is 1.73. The van der Waals surface area contributed by atoms with Crippen LogP contribution in [-0.2, 0) is 11.3 Å². The summed E-state index contributed by atoms with van der Waals surface area (Å²) in [5.74, 6) is 1.63. The quantitative estimate of drug-likeness (QED) is 0.636. The third-order valence-corrected chi connectivity index (χ3v) is 3.38. The first-order valence-electron chi connectivity index (χ1n) is 7.87. The third-order valence-electron chi connectivity index (χ3n) is 3.38. The maximum Gasteiger partial charge on any atom is 0.340 e. The molecule has 128 valence electrons. The van der Waals surface area contributed by atoms with Gasteiger partial charge in [-0.2, -0.15) is 0 Å². The van der Waals surface area contributed by atoms with Crippen molar-refractivity contribution in [2.45, 2.75) is 13.5 Å². The molecule has 2 N–H and O–H groups in total. The van der Waals surface area contributed by atoms with E-state index in [0.29, 0.717) is 36.0 Å². The van der Waals surface area contributed by atoms with Gasteiger partial charge in [-0.15, -0.1) is 0 Å². The smallest absolute Gasteiger partial charge is 0.340 e. The summed E-state index contributed by atoms with van der Waals surface area (Å²) in [6.07, 6.45) is 3.07. The van der Waals surface area contributed by atoms with Crippen LogP contribution in [-0.4, -0.2) is 22.5 Å². The summed E-state index contributed by atoms with van der Waals surface area (Å²) < 4.78 is 10.3. The van der Waals surface area contributed by atoms with E-state index in [1.54, 1.807) is 37.5 Å². The largest absolute Gasteiger partial charge is 0.467 e. The van der Waals surface area contributed by atoms with Gasteiger partial charge in [0.15, 0.2) is 0 Å². The van der Waals surface area contributed by atoms with Crippen molar-refractivity contribution in [2.24, 2.45) is 0 Å². The molecule has 0 saturated heterocycles. The van der Waals surface area contributed by atoms with Crippen LogP contribution in [0.2, 0.25) is 0 Å². The van der Waals surface area contributed by atoms with E-state index in [1.165, 1.54) is 6.33 Å². The highest BCUT2D eigenvalue weighted by Crippen LogP contribution is 2.21. The minimum Gasteiger partial charge on any atom is -0.467 e. The molecule has 7 heteroatoms. The molecule has 0 bridgehead atoms. The first-order valence-corrected chi connectivity index (χ1v) is 7.87. The van der Waals surface area contributed by atoms with Crippen LogP contribution in [0.5, 0.6) is 0 Å². The lowest BCUT2D eigenvalue weighted by Crippen LogP contribution is -2.08. The van der Waals surface area contributed by atoms with Crippen LogP contribution in [0.4, 0.5) is 17.3 Å². The van der Waals surface area contributed by atoms with E-state index in [4.69, 9.17) is 9.15 Å². The molecule has 25 heavy (non-hydrogen) atoms. The molecule has 3 aromatic rings. The summed E-state index contributed by atoms with van der Waals surface area (Å²) in [4.78, 5) is 20.4. The van der Waals surface area contributed by atoms with Crippen LogP contribution in [0.15, 0.2) is 59.5 Å². The number of nitrogens with one attached hydrogen (secondary N) is 2. The number of hydrogen-bond donors (Lipinski definition) is 2. The summed E-state index contributed by atoms with van der Waals surface area (Å²) in [7, 11) is 0. The van der Waals surface area contributed by atoms with Crippen LogP contribution < -0.4 is 10.6 Å². The number of carbonyl (C=O) groups is 1. The number of para-hydroxylation sites is 1. The summed E-state index contributed by atoms with van der Waals surface area (Å²) in [6, 6.07) is 12.6. The van der Waals surface area contributed by atoms with Gasteiger partial charge in [-0.05, 0) is 31.2 Å². The zero-order chi connectivity index (χ0) is 17.5. The molecule has 0 aliphatic heterocycles. The fourth-order valence-corrected chi connectivity index (χ4v) is 2.23. The summed E-state index contributed by atoms with van der Waals surface area (Å²) in [6.45, 7) is 2.61. The molecule has 7 nitrogen and oxygen atoms in total. The summed E-state index contributed by atoms with van der Waals surface area (Å²) in [5, 5.41) is 6.28. The minimum atomic E-state index is -0.379. The molecular weight excluding hydrogens is 320 g/mol. The monoisotopic (exact) mass is 338 g/mol. The van der Waals surface area contributed by atoms with Crippen LogP contribution >= 0.6 is 0 Å². The van der Waals surface area contributed by atoms with Gasteiger partial charge in [0.2, 0.25) is 0 Å². The van der Waals surface area contributed by atoms with Crippen molar-refractivity contribution in [3.05, 3.63) is 66.4 Å². The molecule has 0 atom stereocenters. The number of anilines is 3. The standard InChI is InChI=1S/C18H18N4O3/c1-2-24-18(23)14-7-3-4-8-15(14)22-17-10-16(20-12-21-17)19-11-13-6-5-9-25-13/h3-10,12H,2,11H2,1H3,(H2,19,20,21,22). The molecule has 0 aliphatic rings. The first-order chi connectivity index (χ1) is 12.3. The van der Waals surface area contributed by atoms with Crippen molar-refractivity contribution in [3.63, 3.8) is 0 Å². The average molecular weight is 338 g/mol. The van der Waals surface area contributed by atoms with Gasteiger partial charge >= 0.3 is 5.97 Å². The Bertz CT molecular complexity index is 834. The Hall–Kier alpha value is -3.35. The van der Waals surface area contributed by atoms with E-state index >= 15 is 0 Å². The Morgan fingerprint density at radius 3 is 2.80 bits per heavy atom. The zero-order valence-electron chi connectivity index (χ0n) is 13.7. The number of ether oxygens (including phenoxy) is 1. The molecule has 0 aliphatic carbocycles. The molecule has 0 unspecified atom stereocenters. The van der Waals surface area contributed by atoms with Gasteiger partial charge in [0.25, 0.3) is 0 Å². The van der Waals surface area contributed by atoms with E-state index in [-0.39, 0.29) is 5.97 Å². The second kappa shape index (κ2) is 7.96. The predicted octanol–water partition coefficient (Wildman–Crippen LogP) is 3.60. The average Bonchev–Trinajstić information content (AvgIpc) is 3.15. The van der Waals surface area contributed by atoms with E-state index in [9.17, 15) is 4.79 Å². The molecule has 0 amide bonds. The maximum atomic E-state index is 12.0. The summed E-state index contributed by atoms with van der Waals surface area (Å²) in [5.41, 5.74) is 1.07. The highest BCUT2D eigenvalue weighted by molar-refractivity contribution is 5.96. The predicted molar refractivity (Wildman–Crippen MR) is 93.7 cm³/mol. The van der Waals surface area contributed by atoms with Crippen molar-refractivity contribution in [1.82, 2.24) is 9.97 Å². The van der Waals surface area contributed by atoms with Crippen molar-refractivity contribution in [2.75, 3.05) is 17.2 Å².